The SMILES string of the molecule is Clc1ccc(Br)c(CNCC2Cc3ccccc32)c1. The minimum atomic E-state index is 0.661. The number of halogens is 2. The van der Waals surface area contributed by atoms with Crippen molar-refractivity contribution in [3.8, 4) is 0 Å². The Kier molecular flexibility index (Phi) is 3.92. The van der Waals surface area contributed by atoms with Crippen LogP contribution in [0.5, 0.6) is 0 Å². The van der Waals surface area contributed by atoms with Gasteiger partial charge in [0, 0.05) is 28.5 Å². The van der Waals surface area contributed by atoms with Gasteiger partial charge >= 0.3 is 0 Å². The van der Waals surface area contributed by atoms with E-state index in [0.29, 0.717) is 5.92 Å². The van der Waals surface area contributed by atoms with Gasteiger partial charge in [-0.1, -0.05) is 51.8 Å². The molecule has 3 heteroatoms. The fraction of sp³-hybridized carbons (Fsp3) is 0.250. The van der Waals surface area contributed by atoms with E-state index < -0.39 is 0 Å². The number of hydrogen-bond acceptors (Lipinski definition) is 1. The average molecular weight is 337 g/mol. The molecule has 2 aromatic rings. The number of nitrogens with one attached hydrogen (secondary N) is 1. The molecule has 1 aliphatic carbocycles. The first-order chi connectivity index (χ1) is 9.24. The molecule has 0 amide bonds. The maximum absolute atomic E-state index is 6.02. The summed E-state index contributed by atoms with van der Waals surface area (Å²) in [7, 11) is 0. The number of rotatable bonds is 4. The molecule has 19 heavy (non-hydrogen) atoms. The van der Waals surface area contributed by atoms with Gasteiger partial charge in [0.2, 0.25) is 0 Å². The van der Waals surface area contributed by atoms with Crippen LogP contribution in [0.4, 0.5) is 0 Å². The molecule has 0 radical (unpaired) electrons. The Morgan fingerprint density at radius 1 is 1.21 bits per heavy atom. The van der Waals surface area contributed by atoms with Gasteiger partial charge < -0.3 is 5.32 Å². The van der Waals surface area contributed by atoms with Crippen LogP contribution < -0.4 is 5.32 Å². The quantitative estimate of drug-likeness (QED) is 0.865. The van der Waals surface area contributed by atoms with Crippen molar-refractivity contribution in [2.24, 2.45) is 0 Å². The highest BCUT2D eigenvalue weighted by Crippen LogP contribution is 2.34. The van der Waals surface area contributed by atoms with Crippen molar-refractivity contribution in [3.05, 3.63) is 68.7 Å². The maximum Gasteiger partial charge on any atom is 0.0410 e. The van der Waals surface area contributed by atoms with Crippen LogP contribution in [0.3, 0.4) is 0 Å². The van der Waals surface area contributed by atoms with Crippen LogP contribution in [0.15, 0.2) is 46.9 Å². The zero-order chi connectivity index (χ0) is 13.2. The van der Waals surface area contributed by atoms with Crippen LogP contribution >= 0.6 is 27.5 Å². The summed E-state index contributed by atoms with van der Waals surface area (Å²) in [5, 5.41) is 4.31. The second kappa shape index (κ2) is 5.66. The van der Waals surface area contributed by atoms with Crippen molar-refractivity contribution in [2.45, 2.75) is 18.9 Å². The number of fused-ring (bicyclic) bond motifs is 1. The summed E-state index contributed by atoms with van der Waals surface area (Å²) in [6.07, 6.45) is 1.19. The molecule has 0 bridgehead atoms. The van der Waals surface area contributed by atoms with Gasteiger partial charge in [-0.2, -0.15) is 0 Å². The predicted molar refractivity (Wildman–Crippen MR) is 83.7 cm³/mol. The molecule has 1 atom stereocenters. The fourth-order valence-corrected chi connectivity index (χ4v) is 3.19. The molecule has 98 valence electrons. The Hall–Kier alpha value is -0.830. The molecule has 1 unspecified atom stereocenters. The van der Waals surface area contributed by atoms with Crippen LogP contribution in [0.1, 0.15) is 22.6 Å². The zero-order valence-corrected chi connectivity index (χ0v) is 12.8. The third kappa shape index (κ3) is 2.86. The molecule has 0 aliphatic heterocycles. The van der Waals surface area contributed by atoms with Crippen LogP contribution in [-0.4, -0.2) is 6.54 Å². The van der Waals surface area contributed by atoms with E-state index in [1.54, 1.807) is 0 Å². The molecule has 0 fully saturated rings. The van der Waals surface area contributed by atoms with E-state index in [2.05, 4.69) is 45.5 Å². The summed E-state index contributed by atoms with van der Waals surface area (Å²) in [5.41, 5.74) is 4.21. The Bertz CT molecular complexity index is 597. The summed E-state index contributed by atoms with van der Waals surface area (Å²) in [6.45, 7) is 1.87. The number of benzene rings is 2. The molecule has 0 spiro atoms. The van der Waals surface area contributed by atoms with Crippen molar-refractivity contribution < 1.29 is 0 Å². The predicted octanol–water partition coefficient (Wildman–Crippen LogP) is 4.53. The van der Waals surface area contributed by atoms with E-state index in [-0.39, 0.29) is 0 Å². The smallest absolute Gasteiger partial charge is 0.0410 e. The van der Waals surface area contributed by atoms with Crippen molar-refractivity contribution in [2.75, 3.05) is 6.54 Å². The van der Waals surface area contributed by atoms with Crippen molar-refractivity contribution in [1.29, 1.82) is 0 Å². The topological polar surface area (TPSA) is 12.0 Å². The van der Waals surface area contributed by atoms with Crippen molar-refractivity contribution in [3.63, 3.8) is 0 Å². The molecule has 3 rings (SSSR count). The average Bonchev–Trinajstić information content (AvgIpc) is 2.39. The first-order valence-electron chi connectivity index (χ1n) is 6.46. The minimum Gasteiger partial charge on any atom is -0.312 e. The lowest BCUT2D eigenvalue weighted by Crippen LogP contribution is -2.28. The lowest BCUT2D eigenvalue weighted by molar-refractivity contribution is 0.535. The van der Waals surface area contributed by atoms with Gasteiger partial charge in [0.05, 0.1) is 0 Å². The van der Waals surface area contributed by atoms with Crippen LogP contribution in [0, 0.1) is 0 Å². The summed E-state index contributed by atoms with van der Waals surface area (Å²) in [4.78, 5) is 0. The third-order valence-electron chi connectivity index (χ3n) is 3.68. The lowest BCUT2D eigenvalue weighted by Gasteiger charge is -2.30. The van der Waals surface area contributed by atoms with E-state index in [4.69, 9.17) is 11.6 Å². The Morgan fingerprint density at radius 3 is 2.89 bits per heavy atom. The molecule has 2 aromatic carbocycles. The second-order valence-electron chi connectivity index (χ2n) is 4.97. The van der Waals surface area contributed by atoms with Crippen LogP contribution in [0.2, 0.25) is 5.02 Å². The van der Waals surface area contributed by atoms with Gasteiger partial charge in [0.15, 0.2) is 0 Å². The first-order valence-corrected chi connectivity index (χ1v) is 7.63. The molecular formula is C16H15BrClN. The van der Waals surface area contributed by atoms with E-state index in [1.165, 1.54) is 23.1 Å². The van der Waals surface area contributed by atoms with Gasteiger partial charge in [-0.05, 0) is 41.3 Å². The molecule has 0 aromatic heterocycles. The largest absolute Gasteiger partial charge is 0.312 e. The monoisotopic (exact) mass is 335 g/mol. The fourth-order valence-electron chi connectivity index (χ4n) is 2.60. The Balaban J connectivity index is 1.56. The molecule has 1 nitrogen and oxygen atoms in total. The van der Waals surface area contributed by atoms with Gasteiger partial charge in [-0.15, -0.1) is 0 Å². The molecular weight excluding hydrogens is 322 g/mol. The highest BCUT2D eigenvalue weighted by molar-refractivity contribution is 9.10. The van der Waals surface area contributed by atoms with E-state index >= 15 is 0 Å². The minimum absolute atomic E-state index is 0.661. The lowest BCUT2D eigenvalue weighted by atomic mass is 9.77. The van der Waals surface area contributed by atoms with Gasteiger partial charge in [-0.25, -0.2) is 0 Å². The number of hydrogen-bond donors (Lipinski definition) is 1. The molecule has 0 heterocycles. The maximum atomic E-state index is 6.02. The second-order valence-corrected chi connectivity index (χ2v) is 6.26. The van der Waals surface area contributed by atoms with Crippen LogP contribution in [-0.2, 0) is 13.0 Å². The molecule has 1 aliphatic rings. The summed E-state index contributed by atoms with van der Waals surface area (Å²) >= 11 is 9.57. The van der Waals surface area contributed by atoms with Gasteiger partial charge in [-0.3, -0.25) is 0 Å². The van der Waals surface area contributed by atoms with E-state index in [9.17, 15) is 0 Å². The highest BCUT2D eigenvalue weighted by Gasteiger charge is 2.24. The van der Waals surface area contributed by atoms with Gasteiger partial charge in [0.25, 0.3) is 0 Å². The highest BCUT2D eigenvalue weighted by atomic mass is 79.9. The summed E-state index contributed by atoms with van der Waals surface area (Å²) in [6, 6.07) is 14.6. The van der Waals surface area contributed by atoms with E-state index in [0.717, 1.165) is 22.6 Å². The van der Waals surface area contributed by atoms with Crippen LogP contribution in [0.25, 0.3) is 0 Å². The van der Waals surface area contributed by atoms with E-state index in [1.807, 2.05) is 18.2 Å². The third-order valence-corrected chi connectivity index (χ3v) is 4.68. The first kappa shape index (κ1) is 13.2. The molecule has 0 saturated heterocycles. The summed E-state index contributed by atoms with van der Waals surface area (Å²) in [5.74, 6) is 0.661. The standard InChI is InChI=1S/C16H15BrClN/c17-16-6-5-14(18)8-13(16)10-19-9-12-7-11-3-1-2-4-15(11)12/h1-6,8,12,19H,7,9-10H2. The normalized spacial score (nSPS) is 16.8. The van der Waals surface area contributed by atoms with Gasteiger partial charge in [0.1, 0.15) is 0 Å². The Morgan fingerprint density at radius 2 is 2.05 bits per heavy atom. The van der Waals surface area contributed by atoms with Crippen molar-refractivity contribution in [1.82, 2.24) is 5.32 Å². The molecule has 1 N–H and O–H groups in total. The zero-order valence-electron chi connectivity index (χ0n) is 10.5. The molecule has 0 saturated carbocycles. The summed E-state index contributed by atoms with van der Waals surface area (Å²) < 4.78 is 1.11. The Labute approximate surface area is 127 Å². The van der Waals surface area contributed by atoms with Crippen molar-refractivity contribution >= 4 is 27.5 Å².